The van der Waals surface area contributed by atoms with Gasteiger partial charge in [-0.2, -0.15) is 18.3 Å². The van der Waals surface area contributed by atoms with Gasteiger partial charge in [0.25, 0.3) is 0 Å². The quantitative estimate of drug-likeness (QED) is 0.206. The number of carbonyl (C=O) groups is 2. The summed E-state index contributed by atoms with van der Waals surface area (Å²) >= 11 is 6.08. The summed E-state index contributed by atoms with van der Waals surface area (Å²) in [5.41, 5.74) is 4.64. The summed E-state index contributed by atoms with van der Waals surface area (Å²) < 4.78 is 41.2. The standard InChI is InChI=1S/C29H26ClF3N2O3/c1-18-15-23(30)10-11-24(18)21-9-12-25-22(16-21)17-34-35(25)26(13-14-29(31,32)33)19-5-7-20(8-6-19)27(36)3-2-4-28(37)38/h5-12,15-17,26H,2-4,13-14H2,1H3,(H,37,38). The van der Waals surface area contributed by atoms with Gasteiger partial charge in [-0.1, -0.05) is 48.0 Å². The molecule has 0 spiro atoms. The van der Waals surface area contributed by atoms with Crippen molar-refractivity contribution >= 4 is 34.3 Å². The summed E-state index contributed by atoms with van der Waals surface area (Å²) in [7, 11) is 0. The van der Waals surface area contributed by atoms with Gasteiger partial charge in [0, 0.05) is 35.2 Å². The first kappa shape index (κ1) is 27.4. The number of carboxylic acids is 1. The van der Waals surface area contributed by atoms with Crippen molar-refractivity contribution in [3.05, 3.63) is 88.6 Å². The molecule has 0 aliphatic heterocycles. The molecule has 1 aromatic heterocycles. The van der Waals surface area contributed by atoms with Crippen LogP contribution in [0.25, 0.3) is 22.0 Å². The highest BCUT2D eigenvalue weighted by Crippen LogP contribution is 2.34. The lowest BCUT2D eigenvalue weighted by Crippen LogP contribution is -2.17. The fraction of sp³-hybridized carbons (Fsp3) is 0.276. The van der Waals surface area contributed by atoms with E-state index in [1.165, 1.54) is 0 Å². The normalized spacial score (nSPS) is 12.6. The molecule has 198 valence electrons. The Morgan fingerprint density at radius 2 is 1.76 bits per heavy atom. The molecular weight excluding hydrogens is 517 g/mol. The van der Waals surface area contributed by atoms with E-state index in [2.05, 4.69) is 5.10 Å². The number of halogens is 4. The molecule has 1 unspecified atom stereocenters. The van der Waals surface area contributed by atoms with E-state index >= 15 is 0 Å². The van der Waals surface area contributed by atoms with E-state index in [0.717, 1.165) is 22.1 Å². The average molecular weight is 543 g/mol. The van der Waals surface area contributed by atoms with E-state index in [4.69, 9.17) is 16.7 Å². The van der Waals surface area contributed by atoms with Crippen molar-refractivity contribution < 1.29 is 27.9 Å². The van der Waals surface area contributed by atoms with Crippen LogP contribution in [-0.4, -0.2) is 32.8 Å². The number of benzene rings is 3. The fourth-order valence-electron chi connectivity index (χ4n) is 4.59. The molecule has 4 aromatic rings. The zero-order valence-corrected chi connectivity index (χ0v) is 21.4. The summed E-state index contributed by atoms with van der Waals surface area (Å²) in [4.78, 5) is 23.1. The third-order valence-corrected chi connectivity index (χ3v) is 6.74. The van der Waals surface area contributed by atoms with E-state index < -0.39 is 24.6 Å². The van der Waals surface area contributed by atoms with Crippen LogP contribution in [0.15, 0.2) is 66.9 Å². The van der Waals surface area contributed by atoms with Crippen LogP contribution in [0.3, 0.4) is 0 Å². The Morgan fingerprint density at radius 3 is 2.42 bits per heavy atom. The van der Waals surface area contributed by atoms with Crippen molar-refractivity contribution in [1.29, 1.82) is 0 Å². The van der Waals surface area contributed by atoms with Gasteiger partial charge < -0.3 is 5.11 Å². The minimum absolute atomic E-state index is 0.0857. The Labute approximate surface area is 222 Å². The molecule has 0 aliphatic rings. The maximum absolute atomic E-state index is 13.2. The summed E-state index contributed by atoms with van der Waals surface area (Å²) in [6.07, 6.45) is -3.69. The smallest absolute Gasteiger partial charge is 0.389 e. The van der Waals surface area contributed by atoms with Crippen LogP contribution in [-0.2, 0) is 4.79 Å². The van der Waals surface area contributed by atoms with Crippen molar-refractivity contribution in [2.45, 2.75) is 51.2 Å². The van der Waals surface area contributed by atoms with E-state index in [1.54, 1.807) is 35.1 Å². The molecule has 4 rings (SSSR count). The molecule has 0 amide bonds. The average Bonchev–Trinajstić information content (AvgIpc) is 3.26. The molecule has 1 heterocycles. The topological polar surface area (TPSA) is 72.2 Å². The van der Waals surface area contributed by atoms with E-state index in [0.29, 0.717) is 21.7 Å². The van der Waals surface area contributed by atoms with Gasteiger partial charge in [-0.15, -0.1) is 0 Å². The Bertz CT molecular complexity index is 1460. The number of ketones is 1. The number of nitrogens with zero attached hydrogens (tertiary/aromatic N) is 2. The number of aliphatic carboxylic acids is 1. The molecule has 0 saturated heterocycles. The lowest BCUT2D eigenvalue weighted by atomic mass is 9.97. The summed E-state index contributed by atoms with van der Waals surface area (Å²) in [5, 5.41) is 14.7. The minimum Gasteiger partial charge on any atom is -0.481 e. The molecule has 1 atom stereocenters. The van der Waals surface area contributed by atoms with Crippen LogP contribution in [0.1, 0.15) is 59.6 Å². The van der Waals surface area contributed by atoms with Gasteiger partial charge in [0.05, 0.1) is 17.8 Å². The van der Waals surface area contributed by atoms with E-state index in [1.807, 2.05) is 43.3 Å². The minimum atomic E-state index is -4.33. The molecule has 3 aromatic carbocycles. The van der Waals surface area contributed by atoms with Crippen LogP contribution in [0.4, 0.5) is 13.2 Å². The maximum atomic E-state index is 13.2. The lowest BCUT2D eigenvalue weighted by Gasteiger charge is -2.20. The second kappa shape index (κ2) is 11.4. The van der Waals surface area contributed by atoms with Crippen LogP contribution >= 0.6 is 11.6 Å². The SMILES string of the molecule is Cc1cc(Cl)ccc1-c1ccc2c(cnn2C(CCC(F)(F)F)c2ccc(C(=O)CCCC(=O)O)cc2)c1. The third-order valence-electron chi connectivity index (χ3n) is 6.50. The molecular formula is C29H26ClF3N2O3. The molecule has 0 radical (unpaired) electrons. The van der Waals surface area contributed by atoms with E-state index in [9.17, 15) is 22.8 Å². The molecule has 0 aliphatic carbocycles. The predicted molar refractivity (Wildman–Crippen MR) is 141 cm³/mol. The summed E-state index contributed by atoms with van der Waals surface area (Å²) in [6, 6.07) is 17.1. The number of hydrogen-bond acceptors (Lipinski definition) is 3. The van der Waals surface area contributed by atoms with Gasteiger partial charge in [0.2, 0.25) is 0 Å². The largest absolute Gasteiger partial charge is 0.481 e. The van der Waals surface area contributed by atoms with Crippen molar-refractivity contribution in [2.24, 2.45) is 0 Å². The number of alkyl halides is 3. The zero-order valence-electron chi connectivity index (χ0n) is 20.6. The number of aryl methyl sites for hydroxylation is 1. The van der Waals surface area contributed by atoms with Crippen molar-refractivity contribution in [3.63, 3.8) is 0 Å². The van der Waals surface area contributed by atoms with Gasteiger partial charge in [-0.25, -0.2) is 0 Å². The summed E-state index contributed by atoms with van der Waals surface area (Å²) in [6.45, 7) is 1.96. The number of fused-ring (bicyclic) bond motifs is 1. The van der Waals surface area contributed by atoms with Gasteiger partial charge in [0.1, 0.15) is 0 Å². The molecule has 1 N–H and O–H groups in total. The second-order valence-electron chi connectivity index (χ2n) is 9.28. The highest BCUT2D eigenvalue weighted by molar-refractivity contribution is 6.30. The van der Waals surface area contributed by atoms with Gasteiger partial charge >= 0.3 is 12.1 Å². The van der Waals surface area contributed by atoms with Crippen molar-refractivity contribution in [1.82, 2.24) is 9.78 Å². The van der Waals surface area contributed by atoms with Gasteiger partial charge in [-0.3, -0.25) is 14.3 Å². The highest BCUT2D eigenvalue weighted by Gasteiger charge is 2.30. The van der Waals surface area contributed by atoms with Gasteiger partial charge in [0.15, 0.2) is 5.78 Å². The Kier molecular flexibility index (Phi) is 8.21. The first-order valence-electron chi connectivity index (χ1n) is 12.2. The number of hydrogen-bond donors (Lipinski definition) is 1. The monoisotopic (exact) mass is 542 g/mol. The number of carbonyl (C=O) groups excluding carboxylic acids is 1. The van der Waals surface area contributed by atoms with Crippen molar-refractivity contribution in [2.75, 3.05) is 0 Å². The highest BCUT2D eigenvalue weighted by atomic mass is 35.5. The zero-order chi connectivity index (χ0) is 27.4. The van der Waals surface area contributed by atoms with Crippen LogP contribution in [0.2, 0.25) is 5.02 Å². The Hall–Kier alpha value is -3.65. The number of aromatic nitrogens is 2. The lowest BCUT2D eigenvalue weighted by molar-refractivity contribution is -0.137. The fourth-order valence-corrected chi connectivity index (χ4v) is 4.81. The van der Waals surface area contributed by atoms with Crippen molar-refractivity contribution in [3.8, 4) is 11.1 Å². The van der Waals surface area contributed by atoms with E-state index in [-0.39, 0.29) is 31.5 Å². The predicted octanol–water partition coefficient (Wildman–Crippen LogP) is 8.03. The molecule has 38 heavy (non-hydrogen) atoms. The van der Waals surface area contributed by atoms with Gasteiger partial charge in [-0.05, 0) is 66.3 Å². The van der Waals surface area contributed by atoms with Crippen LogP contribution < -0.4 is 0 Å². The molecule has 9 heteroatoms. The maximum Gasteiger partial charge on any atom is 0.389 e. The van der Waals surface area contributed by atoms with Crippen LogP contribution in [0, 0.1) is 6.92 Å². The first-order valence-corrected chi connectivity index (χ1v) is 12.5. The second-order valence-corrected chi connectivity index (χ2v) is 9.72. The molecule has 5 nitrogen and oxygen atoms in total. The Balaban J connectivity index is 1.64. The number of rotatable bonds is 10. The Morgan fingerprint density at radius 1 is 1.03 bits per heavy atom. The third kappa shape index (κ3) is 6.61. The molecule has 0 saturated carbocycles. The first-order chi connectivity index (χ1) is 18.0. The molecule has 0 bridgehead atoms. The number of carboxylic acid groups (broad SMARTS) is 1. The molecule has 0 fully saturated rings. The van der Waals surface area contributed by atoms with Crippen LogP contribution in [0.5, 0.6) is 0 Å². The summed E-state index contributed by atoms with van der Waals surface area (Å²) in [5.74, 6) is -1.18. The number of Topliss-reactive ketones (excluding diaryl/α,β-unsaturated/α-hetero) is 1.